The molecule has 2 heteroatoms. The van der Waals surface area contributed by atoms with Crippen LogP contribution in [-0.4, -0.2) is 37.1 Å². The van der Waals surface area contributed by atoms with Gasteiger partial charge in [-0.3, -0.25) is 0 Å². The lowest BCUT2D eigenvalue weighted by Gasteiger charge is -2.37. The summed E-state index contributed by atoms with van der Waals surface area (Å²) in [5.74, 6) is 0.807. The van der Waals surface area contributed by atoms with Gasteiger partial charge < -0.3 is 10.2 Å². The number of hydrogen-bond donors (Lipinski definition) is 1. The Balaban J connectivity index is 2.37. The summed E-state index contributed by atoms with van der Waals surface area (Å²) in [6.45, 7) is 9.30. The van der Waals surface area contributed by atoms with E-state index in [1.165, 1.54) is 25.9 Å². The molecule has 78 valence electrons. The average molecular weight is 184 g/mol. The van der Waals surface area contributed by atoms with Crippen LogP contribution in [-0.2, 0) is 0 Å². The van der Waals surface area contributed by atoms with E-state index in [1.54, 1.807) is 0 Å². The number of piperazine rings is 1. The van der Waals surface area contributed by atoms with Gasteiger partial charge in [0, 0.05) is 25.2 Å². The third-order valence-corrected chi connectivity index (χ3v) is 2.78. The summed E-state index contributed by atoms with van der Waals surface area (Å²) >= 11 is 0. The van der Waals surface area contributed by atoms with Gasteiger partial charge in [0.25, 0.3) is 0 Å². The lowest BCUT2D eigenvalue weighted by atomic mass is 9.99. The summed E-state index contributed by atoms with van der Waals surface area (Å²) in [4.78, 5) is 2.46. The molecule has 1 heterocycles. The number of hydrogen-bond acceptors (Lipinski definition) is 2. The molecule has 0 spiro atoms. The van der Waals surface area contributed by atoms with E-state index < -0.39 is 0 Å². The monoisotopic (exact) mass is 184 g/mol. The first-order valence-electron chi connectivity index (χ1n) is 5.56. The van der Waals surface area contributed by atoms with Crippen molar-refractivity contribution in [2.75, 3.05) is 20.1 Å². The molecule has 0 aliphatic carbocycles. The molecule has 1 rings (SSSR count). The number of nitrogens with one attached hydrogen (secondary N) is 1. The molecule has 13 heavy (non-hydrogen) atoms. The molecular weight excluding hydrogens is 160 g/mol. The van der Waals surface area contributed by atoms with Crippen molar-refractivity contribution in [2.45, 2.75) is 45.7 Å². The molecule has 0 saturated carbocycles. The lowest BCUT2D eigenvalue weighted by Crippen LogP contribution is -2.55. The highest BCUT2D eigenvalue weighted by atomic mass is 15.2. The first-order chi connectivity index (χ1) is 6.11. The molecule has 0 aromatic heterocycles. The average Bonchev–Trinajstić information content (AvgIpc) is 2.01. The van der Waals surface area contributed by atoms with Gasteiger partial charge in [0.15, 0.2) is 0 Å². The van der Waals surface area contributed by atoms with E-state index in [0.717, 1.165) is 5.92 Å². The van der Waals surface area contributed by atoms with Gasteiger partial charge in [-0.25, -0.2) is 0 Å². The number of likely N-dealkylation sites (N-methyl/N-ethyl adjacent to an activating group) is 1. The van der Waals surface area contributed by atoms with Crippen molar-refractivity contribution in [2.24, 2.45) is 5.92 Å². The van der Waals surface area contributed by atoms with Crippen molar-refractivity contribution in [3.05, 3.63) is 0 Å². The Kier molecular flexibility index (Phi) is 4.20. The second kappa shape index (κ2) is 4.97. The number of rotatable bonds is 3. The topological polar surface area (TPSA) is 15.3 Å². The van der Waals surface area contributed by atoms with Gasteiger partial charge in [-0.05, 0) is 25.8 Å². The van der Waals surface area contributed by atoms with Crippen molar-refractivity contribution >= 4 is 0 Å². The van der Waals surface area contributed by atoms with Gasteiger partial charge >= 0.3 is 0 Å². The van der Waals surface area contributed by atoms with Gasteiger partial charge in [0.1, 0.15) is 0 Å². The molecule has 0 bridgehead atoms. The highest BCUT2D eigenvalue weighted by molar-refractivity contribution is 4.84. The fourth-order valence-corrected chi connectivity index (χ4v) is 2.22. The van der Waals surface area contributed by atoms with Crippen molar-refractivity contribution in [1.29, 1.82) is 0 Å². The van der Waals surface area contributed by atoms with Gasteiger partial charge in [-0.2, -0.15) is 0 Å². The van der Waals surface area contributed by atoms with Crippen LogP contribution in [0.25, 0.3) is 0 Å². The smallest absolute Gasteiger partial charge is 0.0200 e. The van der Waals surface area contributed by atoms with Gasteiger partial charge in [0.2, 0.25) is 0 Å². The minimum Gasteiger partial charge on any atom is -0.309 e. The Morgan fingerprint density at radius 2 is 1.92 bits per heavy atom. The maximum atomic E-state index is 3.72. The van der Waals surface area contributed by atoms with E-state index in [1.807, 2.05) is 0 Å². The molecular formula is C11H24N2. The molecule has 1 aliphatic heterocycles. The Labute approximate surface area is 82.7 Å². The van der Waals surface area contributed by atoms with Crippen molar-refractivity contribution in [1.82, 2.24) is 10.2 Å². The second-order valence-corrected chi connectivity index (χ2v) is 4.82. The third kappa shape index (κ3) is 3.65. The molecule has 1 unspecified atom stereocenters. The molecule has 1 saturated heterocycles. The van der Waals surface area contributed by atoms with E-state index in [2.05, 4.69) is 38.0 Å². The number of nitrogens with zero attached hydrogens (tertiary/aromatic N) is 1. The maximum absolute atomic E-state index is 3.72. The summed E-state index contributed by atoms with van der Waals surface area (Å²) in [5.41, 5.74) is 0. The molecule has 0 amide bonds. The fraction of sp³-hybridized carbons (Fsp3) is 1.00. The standard InChI is InChI=1S/C11H24N2/c1-5-10-7-13(4)8-11(12-10)6-9(2)3/h9-12H,5-8H2,1-4H3/t10?,11-/m1/s1. The molecule has 1 fully saturated rings. The summed E-state index contributed by atoms with van der Waals surface area (Å²) < 4.78 is 0. The molecule has 1 N–H and O–H groups in total. The Morgan fingerprint density at radius 3 is 2.46 bits per heavy atom. The van der Waals surface area contributed by atoms with Crippen molar-refractivity contribution in [3.63, 3.8) is 0 Å². The lowest BCUT2D eigenvalue weighted by molar-refractivity contribution is 0.174. The maximum Gasteiger partial charge on any atom is 0.0200 e. The van der Waals surface area contributed by atoms with E-state index in [-0.39, 0.29) is 0 Å². The quantitative estimate of drug-likeness (QED) is 0.718. The van der Waals surface area contributed by atoms with E-state index in [4.69, 9.17) is 0 Å². The minimum atomic E-state index is 0.711. The predicted molar refractivity (Wildman–Crippen MR) is 58.0 cm³/mol. The van der Waals surface area contributed by atoms with Crippen LogP contribution in [0.15, 0.2) is 0 Å². The molecule has 2 nitrogen and oxygen atoms in total. The van der Waals surface area contributed by atoms with Crippen LogP contribution in [0.4, 0.5) is 0 Å². The van der Waals surface area contributed by atoms with E-state index in [9.17, 15) is 0 Å². The van der Waals surface area contributed by atoms with E-state index >= 15 is 0 Å². The largest absolute Gasteiger partial charge is 0.309 e. The summed E-state index contributed by atoms with van der Waals surface area (Å²) in [7, 11) is 2.23. The van der Waals surface area contributed by atoms with Crippen molar-refractivity contribution in [3.8, 4) is 0 Å². The van der Waals surface area contributed by atoms with Crippen LogP contribution in [0, 0.1) is 5.92 Å². The second-order valence-electron chi connectivity index (χ2n) is 4.82. The van der Waals surface area contributed by atoms with Crippen LogP contribution in [0.1, 0.15) is 33.6 Å². The highest BCUT2D eigenvalue weighted by Gasteiger charge is 2.23. The molecule has 2 atom stereocenters. The Bertz CT molecular complexity index is 143. The van der Waals surface area contributed by atoms with Crippen LogP contribution in [0.3, 0.4) is 0 Å². The minimum absolute atomic E-state index is 0.711. The van der Waals surface area contributed by atoms with Crippen LogP contribution in [0.2, 0.25) is 0 Å². The molecule has 0 aromatic rings. The van der Waals surface area contributed by atoms with Crippen LogP contribution < -0.4 is 5.32 Å². The summed E-state index contributed by atoms with van der Waals surface area (Å²) in [6.07, 6.45) is 2.56. The van der Waals surface area contributed by atoms with Gasteiger partial charge in [-0.1, -0.05) is 20.8 Å². The van der Waals surface area contributed by atoms with Crippen LogP contribution >= 0.6 is 0 Å². The zero-order valence-electron chi connectivity index (χ0n) is 9.51. The SMILES string of the molecule is CCC1CN(C)C[C@@H](CC(C)C)N1. The zero-order chi connectivity index (χ0) is 9.84. The Hall–Kier alpha value is -0.0800. The molecule has 0 aromatic carbocycles. The zero-order valence-corrected chi connectivity index (χ0v) is 9.51. The summed E-state index contributed by atoms with van der Waals surface area (Å²) in [5, 5.41) is 3.72. The van der Waals surface area contributed by atoms with Crippen molar-refractivity contribution < 1.29 is 0 Å². The van der Waals surface area contributed by atoms with Gasteiger partial charge in [0.05, 0.1) is 0 Å². The first-order valence-corrected chi connectivity index (χ1v) is 5.56. The predicted octanol–water partition coefficient (Wildman–Crippen LogP) is 1.71. The first kappa shape index (κ1) is 11.0. The molecule has 1 aliphatic rings. The third-order valence-electron chi connectivity index (χ3n) is 2.78. The fourth-order valence-electron chi connectivity index (χ4n) is 2.22. The van der Waals surface area contributed by atoms with Gasteiger partial charge in [-0.15, -0.1) is 0 Å². The normalized spacial score (nSPS) is 31.2. The Morgan fingerprint density at radius 1 is 1.31 bits per heavy atom. The molecule has 0 radical (unpaired) electrons. The summed E-state index contributed by atoms with van der Waals surface area (Å²) in [6, 6.07) is 1.42. The highest BCUT2D eigenvalue weighted by Crippen LogP contribution is 2.12. The van der Waals surface area contributed by atoms with Crippen LogP contribution in [0.5, 0.6) is 0 Å². The van der Waals surface area contributed by atoms with E-state index in [0.29, 0.717) is 12.1 Å².